The van der Waals surface area contributed by atoms with Gasteiger partial charge in [-0.1, -0.05) is 38.7 Å². The fourth-order valence-electron chi connectivity index (χ4n) is 1.12. The number of ketones is 1. The molecule has 0 aliphatic heterocycles. The summed E-state index contributed by atoms with van der Waals surface area (Å²) in [5, 5.41) is 9.36. The SMILES string of the molecule is CCCCCCC(O)C=CC(C)=O. The van der Waals surface area contributed by atoms with Crippen molar-refractivity contribution in [2.75, 3.05) is 0 Å². The summed E-state index contributed by atoms with van der Waals surface area (Å²) in [6.07, 6.45) is 7.98. The van der Waals surface area contributed by atoms with E-state index >= 15 is 0 Å². The summed E-state index contributed by atoms with van der Waals surface area (Å²) in [5.41, 5.74) is 0. The summed E-state index contributed by atoms with van der Waals surface area (Å²) in [5.74, 6) is -0.00684. The number of rotatable bonds is 7. The van der Waals surface area contributed by atoms with E-state index in [2.05, 4.69) is 6.92 Å². The molecule has 0 aromatic heterocycles. The lowest BCUT2D eigenvalue weighted by Crippen LogP contribution is -2.02. The molecule has 0 aromatic carbocycles. The summed E-state index contributed by atoms with van der Waals surface area (Å²) < 4.78 is 0. The van der Waals surface area contributed by atoms with Crippen molar-refractivity contribution in [1.82, 2.24) is 0 Å². The minimum Gasteiger partial charge on any atom is -0.389 e. The Labute approximate surface area is 80.7 Å². The molecule has 0 rings (SSSR count). The molecular weight excluding hydrogens is 164 g/mol. The lowest BCUT2D eigenvalue weighted by atomic mass is 10.1. The van der Waals surface area contributed by atoms with Crippen molar-refractivity contribution in [2.24, 2.45) is 0 Å². The van der Waals surface area contributed by atoms with Crippen LogP contribution in [0.2, 0.25) is 0 Å². The smallest absolute Gasteiger partial charge is 0.152 e. The minimum atomic E-state index is -0.444. The number of carbonyl (C=O) groups excluding carboxylic acids is 1. The van der Waals surface area contributed by atoms with Gasteiger partial charge in [-0.2, -0.15) is 0 Å². The number of aliphatic hydroxyl groups excluding tert-OH is 1. The number of hydrogen-bond donors (Lipinski definition) is 1. The van der Waals surface area contributed by atoms with E-state index in [1.807, 2.05) is 0 Å². The number of unbranched alkanes of at least 4 members (excludes halogenated alkanes) is 3. The van der Waals surface area contributed by atoms with E-state index in [4.69, 9.17) is 0 Å². The minimum absolute atomic E-state index is 0.00684. The fourth-order valence-corrected chi connectivity index (χ4v) is 1.12. The number of aliphatic hydroxyl groups is 1. The number of allylic oxidation sites excluding steroid dienone is 1. The van der Waals surface area contributed by atoms with Crippen LogP contribution in [0, 0.1) is 0 Å². The number of carbonyl (C=O) groups is 1. The lowest BCUT2D eigenvalue weighted by molar-refractivity contribution is -0.112. The van der Waals surface area contributed by atoms with E-state index in [1.165, 1.54) is 32.3 Å². The highest BCUT2D eigenvalue weighted by molar-refractivity contribution is 5.87. The molecule has 13 heavy (non-hydrogen) atoms. The van der Waals surface area contributed by atoms with Gasteiger partial charge in [-0.15, -0.1) is 0 Å². The maximum atomic E-state index is 10.5. The maximum Gasteiger partial charge on any atom is 0.152 e. The van der Waals surface area contributed by atoms with Gasteiger partial charge in [-0.05, 0) is 19.4 Å². The second-order valence-corrected chi connectivity index (χ2v) is 3.39. The maximum absolute atomic E-state index is 10.5. The summed E-state index contributed by atoms with van der Waals surface area (Å²) in [7, 11) is 0. The first-order valence-corrected chi connectivity index (χ1v) is 5.03. The Balaban J connectivity index is 3.40. The van der Waals surface area contributed by atoms with Gasteiger partial charge < -0.3 is 5.11 Å². The highest BCUT2D eigenvalue weighted by Crippen LogP contribution is 2.06. The van der Waals surface area contributed by atoms with E-state index in [9.17, 15) is 9.90 Å². The zero-order valence-electron chi connectivity index (χ0n) is 8.62. The topological polar surface area (TPSA) is 37.3 Å². The molecule has 0 aromatic rings. The van der Waals surface area contributed by atoms with Gasteiger partial charge in [0.1, 0.15) is 0 Å². The molecule has 0 aliphatic rings. The number of hydrogen-bond acceptors (Lipinski definition) is 2. The first-order chi connectivity index (χ1) is 6.16. The fraction of sp³-hybridized carbons (Fsp3) is 0.727. The molecule has 1 atom stereocenters. The van der Waals surface area contributed by atoms with Gasteiger partial charge in [0.05, 0.1) is 6.10 Å². The molecule has 0 amide bonds. The van der Waals surface area contributed by atoms with Gasteiger partial charge in [0, 0.05) is 0 Å². The second-order valence-electron chi connectivity index (χ2n) is 3.39. The summed E-state index contributed by atoms with van der Waals surface area (Å²) in [6.45, 7) is 3.65. The Morgan fingerprint density at radius 3 is 2.62 bits per heavy atom. The van der Waals surface area contributed by atoms with Gasteiger partial charge in [0.25, 0.3) is 0 Å². The normalized spacial score (nSPS) is 13.5. The Bertz CT molecular complexity index is 161. The van der Waals surface area contributed by atoms with E-state index in [0.717, 1.165) is 12.8 Å². The molecule has 0 saturated carbocycles. The highest BCUT2D eigenvalue weighted by atomic mass is 16.3. The van der Waals surface area contributed by atoms with Crippen molar-refractivity contribution < 1.29 is 9.90 Å². The van der Waals surface area contributed by atoms with Crippen molar-refractivity contribution in [3.63, 3.8) is 0 Å². The predicted octanol–water partition coefficient (Wildman–Crippen LogP) is 2.46. The molecule has 2 nitrogen and oxygen atoms in total. The van der Waals surface area contributed by atoms with Crippen LogP contribution >= 0.6 is 0 Å². The molecule has 1 unspecified atom stereocenters. The summed E-state index contributed by atoms with van der Waals surface area (Å²) in [4.78, 5) is 10.5. The summed E-state index contributed by atoms with van der Waals surface area (Å²) >= 11 is 0. The van der Waals surface area contributed by atoms with Crippen LogP contribution in [0.4, 0.5) is 0 Å². The molecule has 0 fully saturated rings. The first-order valence-electron chi connectivity index (χ1n) is 5.03. The Hall–Kier alpha value is -0.630. The first kappa shape index (κ1) is 12.4. The predicted molar refractivity (Wildman–Crippen MR) is 54.6 cm³/mol. The van der Waals surface area contributed by atoms with Crippen LogP contribution in [0.25, 0.3) is 0 Å². The van der Waals surface area contributed by atoms with Crippen molar-refractivity contribution in [3.8, 4) is 0 Å². The van der Waals surface area contributed by atoms with Crippen LogP contribution in [0.1, 0.15) is 46.0 Å². The van der Waals surface area contributed by atoms with Crippen molar-refractivity contribution >= 4 is 5.78 Å². The lowest BCUT2D eigenvalue weighted by Gasteiger charge is -2.03. The van der Waals surface area contributed by atoms with Crippen LogP contribution in [0.5, 0.6) is 0 Å². The zero-order chi connectivity index (χ0) is 10.1. The van der Waals surface area contributed by atoms with E-state index in [1.54, 1.807) is 6.08 Å². The van der Waals surface area contributed by atoms with Crippen LogP contribution in [0.3, 0.4) is 0 Å². The largest absolute Gasteiger partial charge is 0.389 e. The molecule has 0 heterocycles. The van der Waals surface area contributed by atoms with Crippen molar-refractivity contribution in [3.05, 3.63) is 12.2 Å². The van der Waals surface area contributed by atoms with Crippen LogP contribution in [-0.4, -0.2) is 17.0 Å². The monoisotopic (exact) mass is 184 g/mol. The molecular formula is C11H20O2. The molecule has 0 saturated heterocycles. The quantitative estimate of drug-likeness (QED) is 0.487. The Morgan fingerprint density at radius 1 is 1.38 bits per heavy atom. The van der Waals surface area contributed by atoms with Gasteiger partial charge in [-0.25, -0.2) is 0 Å². The third-order valence-corrected chi connectivity index (χ3v) is 1.91. The highest BCUT2D eigenvalue weighted by Gasteiger charge is 1.98. The van der Waals surface area contributed by atoms with Crippen LogP contribution in [0.15, 0.2) is 12.2 Å². The van der Waals surface area contributed by atoms with Gasteiger partial charge in [0.2, 0.25) is 0 Å². The Morgan fingerprint density at radius 2 is 2.08 bits per heavy atom. The molecule has 0 radical (unpaired) electrons. The molecule has 0 spiro atoms. The zero-order valence-corrected chi connectivity index (χ0v) is 8.62. The molecule has 76 valence electrons. The average Bonchev–Trinajstić information content (AvgIpc) is 2.09. The molecule has 0 bridgehead atoms. The Kier molecular flexibility index (Phi) is 7.60. The third kappa shape index (κ3) is 9.28. The van der Waals surface area contributed by atoms with Crippen molar-refractivity contribution in [1.29, 1.82) is 0 Å². The van der Waals surface area contributed by atoms with Gasteiger partial charge in [-0.3, -0.25) is 4.79 Å². The van der Waals surface area contributed by atoms with Crippen LogP contribution < -0.4 is 0 Å². The third-order valence-electron chi connectivity index (χ3n) is 1.91. The average molecular weight is 184 g/mol. The molecule has 0 aliphatic carbocycles. The molecule has 2 heteroatoms. The van der Waals surface area contributed by atoms with E-state index in [-0.39, 0.29) is 5.78 Å². The molecule has 1 N–H and O–H groups in total. The van der Waals surface area contributed by atoms with Crippen molar-refractivity contribution in [2.45, 2.75) is 52.1 Å². The van der Waals surface area contributed by atoms with Gasteiger partial charge >= 0.3 is 0 Å². The summed E-state index contributed by atoms with van der Waals surface area (Å²) in [6, 6.07) is 0. The van der Waals surface area contributed by atoms with E-state index in [0.29, 0.717) is 0 Å². The second kappa shape index (κ2) is 7.99. The van der Waals surface area contributed by atoms with E-state index < -0.39 is 6.10 Å². The standard InChI is InChI=1S/C11H20O2/c1-3-4-5-6-7-11(13)9-8-10(2)12/h8-9,11,13H,3-7H2,1-2H3. The van der Waals surface area contributed by atoms with Crippen LogP contribution in [-0.2, 0) is 4.79 Å². The van der Waals surface area contributed by atoms with Gasteiger partial charge in [0.15, 0.2) is 5.78 Å².